The number of unbranched alkanes of at least 4 members (excludes halogenated alkanes) is 1. The molecule has 1 aliphatic heterocycles. The fourth-order valence-corrected chi connectivity index (χ4v) is 2.62. The third-order valence-corrected chi connectivity index (χ3v) is 3.93. The summed E-state index contributed by atoms with van der Waals surface area (Å²) in [7, 11) is 0. The fraction of sp³-hybridized carbons (Fsp3) is 0.562. The zero-order chi connectivity index (χ0) is 13.9. The van der Waals surface area contributed by atoms with Crippen LogP contribution in [0.3, 0.4) is 0 Å². The molecule has 1 aromatic carbocycles. The summed E-state index contributed by atoms with van der Waals surface area (Å²) >= 11 is 0. The van der Waals surface area contributed by atoms with E-state index in [4.69, 9.17) is 4.74 Å². The third kappa shape index (κ3) is 2.74. The van der Waals surface area contributed by atoms with Crippen LogP contribution in [-0.2, 0) is 4.79 Å². The SMILES string of the molecule is CCCCN(C(=O)C1CNc2ccccc2O1)C1CC1. The highest BCUT2D eigenvalue weighted by Gasteiger charge is 2.37. The Hall–Kier alpha value is -1.71. The van der Waals surface area contributed by atoms with E-state index in [0.29, 0.717) is 12.6 Å². The Bertz CT molecular complexity index is 485. The summed E-state index contributed by atoms with van der Waals surface area (Å²) < 4.78 is 5.88. The van der Waals surface area contributed by atoms with Crippen molar-refractivity contribution in [3.05, 3.63) is 24.3 Å². The van der Waals surface area contributed by atoms with E-state index in [-0.39, 0.29) is 12.0 Å². The van der Waals surface area contributed by atoms with Crippen molar-refractivity contribution in [3.8, 4) is 5.75 Å². The molecule has 4 nitrogen and oxygen atoms in total. The van der Waals surface area contributed by atoms with Crippen LogP contribution in [-0.4, -0.2) is 36.0 Å². The van der Waals surface area contributed by atoms with Crippen LogP contribution in [0.15, 0.2) is 24.3 Å². The first kappa shape index (κ1) is 13.3. The molecule has 1 aromatic rings. The van der Waals surface area contributed by atoms with Crippen LogP contribution in [0.4, 0.5) is 5.69 Å². The number of carbonyl (C=O) groups is 1. The van der Waals surface area contributed by atoms with Gasteiger partial charge in [0.1, 0.15) is 5.75 Å². The first-order chi connectivity index (χ1) is 9.79. The van der Waals surface area contributed by atoms with Gasteiger partial charge >= 0.3 is 0 Å². The Kier molecular flexibility index (Phi) is 3.81. The van der Waals surface area contributed by atoms with E-state index in [0.717, 1.165) is 43.7 Å². The Morgan fingerprint density at radius 2 is 2.20 bits per heavy atom. The van der Waals surface area contributed by atoms with Crippen LogP contribution in [0.2, 0.25) is 0 Å². The van der Waals surface area contributed by atoms with Gasteiger partial charge < -0.3 is 15.0 Å². The van der Waals surface area contributed by atoms with Gasteiger partial charge in [-0.05, 0) is 31.4 Å². The van der Waals surface area contributed by atoms with Crippen molar-refractivity contribution in [2.75, 3.05) is 18.4 Å². The zero-order valence-corrected chi connectivity index (χ0v) is 12.0. The molecule has 4 heteroatoms. The number of nitrogens with one attached hydrogen (secondary N) is 1. The summed E-state index contributed by atoms with van der Waals surface area (Å²) in [6.07, 6.45) is 4.09. The number of para-hydroxylation sites is 2. The summed E-state index contributed by atoms with van der Waals surface area (Å²) in [6, 6.07) is 8.24. The lowest BCUT2D eigenvalue weighted by Gasteiger charge is -2.31. The predicted molar refractivity (Wildman–Crippen MR) is 79.0 cm³/mol. The van der Waals surface area contributed by atoms with Crippen LogP contribution in [0, 0.1) is 0 Å². The number of rotatable bonds is 5. The highest BCUT2D eigenvalue weighted by Crippen LogP contribution is 2.31. The monoisotopic (exact) mass is 274 g/mol. The number of hydrogen-bond acceptors (Lipinski definition) is 3. The van der Waals surface area contributed by atoms with Gasteiger partial charge in [0.15, 0.2) is 6.10 Å². The molecule has 0 bridgehead atoms. The molecule has 2 aliphatic rings. The molecule has 108 valence electrons. The average Bonchev–Trinajstić information content (AvgIpc) is 3.32. The minimum absolute atomic E-state index is 0.142. The highest BCUT2D eigenvalue weighted by atomic mass is 16.5. The molecule has 3 rings (SSSR count). The number of ether oxygens (including phenoxy) is 1. The van der Waals surface area contributed by atoms with Crippen molar-refractivity contribution < 1.29 is 9.53 Å². The summed E-state index contributed by atoms with van der Waals surface area (Å²) in [5.74, 6) is 0.922. The Morgan fingerprint density at radius 3 is 2.95 bits per heavy atom. The van der Waals surface area contributed by atoms with Crippen molar-refractivity contribution in [2.24, 2.45) is 0 Å². The maximum atomic E-state index is 12.7. The van der Waals surface area contributed by atoms with Crippen LogP contribution >= 0.6 is 0 Å². The van der Waals surface area contributed by atoms with Gasteiger partial charge in [-0.15, -0.1) is 0 Å². The standard InChI is InChI=1S/C16H22N2O2/c1-2-3-10-18(12-8-9-12)16(19)15-11-17-13-6-4-5-7-14(13)20-15/h4-7,12,15,17H,2-3,8-11H2,1H3. The van der Waals surface area contributed by atoms with Crippen molar-refractivity contribution >= 4 is 11.6 Å². The molecule has 0 aromatic heterocycles. The van der Waals surface area contributed by atoms with Gasteiger partial charge in [-0.25, -0.2) is 0 Å². The highest BCUT2D eigenvalue weighted by molar-refractivity contribution is 5.83. The van der Waals surface area contributed by atoms with Gasteiger partial charge in [-0.2, -0.15) is 0 Å². The van der Waals surface area contributed by atoms with E-state index in [1.165, 1.54) is 0 Å². The van der Waals surface area contributed by atoms with Crippen LogP contribution < -0.4 is 10.1 Å². The molecule has 1 aliphatic carbocycles. The summed E-state index contributed by atoms with van der Waals surface area (Å²) in [5, 5.41) is 3.29. The molecular formula is C16H22N2O2. The number of benzene rings is 1. The second kappa shape index (κ2) is 5.73. The average molecular weight is 274 g/mol. The molecular weight excluding hydrogens is 252 g/mol. The number of hydrogen-bond donors (Lipinski definition) is 1. The van der Waals surface area contributed by atoms with Gasteiger partial charge in [0.2, 0.25) is 0 Å². The Balaban J connectivity index is 1.68. The number of fused-ring (bicyclic) bond motifs is 1. The summed E-state index contributed by atoms with van der Waals surface area (Å²) in [4.78, 5) is 14.7. The van der Waals surface area contributed by atoms with Gasteiger partial charge in [-0.1, -0.05) is 25.5 Å². The van der Waals surface area contributed by atoms with Gasteiger partial charge in [0, 0.05) is 12.6 Å². The first-order valence-electron chi connectivity index (χ1n) is 7.59. The van der Waals surface area contributed by atoms with E-state index in [1.807, 2.05) is 29.2 Å². The molecule has 20 heavy (non-hydrogen) atoms. The molecule has 1 atom stereocenters. The lowest BCUT2D eigenvalue weighted by Crippen LogP contribution is -2.48. The maximum Gasteiger partial charge on any atom is 0.265 e. The molecule has 0 saturated heterocycles. The van der Waals surface area contributed by atoms with Gasteiger partial charge in [0.05, 0.1) is 12.2 Å². The lowest BCUT2D eigenvalue weighted by molar-refractivity contribution is -0.139. The Labute approximate surface area is 120 Å². The first-order valence-corrected chi connectivity index (χ1v) is 7.59. The van der Waals surface area contributed by atoms with Crippen molar-refractivity contribution in [2.45, 2.75) is 44.8 Å². The predicted octanol–water partition coefficient (Wildman–Crippen LogP) is 2.65. The largest absolute Gasteiger partial charge is 0.477 e. The second-order valence-corrected chi connectivity index (χ2v) is 5.60. The minimum atomic E-state index is -0.387. The molecule has 1 N–H and O–H groups in total. The number of anilines is 1. The van der Waals surface area contributed by atoms with Crippen LogP contribution in [0.1, 0.15) is 32.6 Å². The van der Waals surface area contributed by atoms with Gasteiger partial charge in [-0.3, -0.25) is 4.79 Å². The molecule has 0 spiro atoms. The topological polar surface area (TPSA) is 41.6 Å². The molecule has 1 heterocycles. The molecule has 0 radical (unpaired) electrons. The van der Waals surface area contributed by atoms with E-state index in [2.05, 4.69) is 12.2 Å². The molecule has 1 saturated carbocycles. The fourth-order valence-electron chi connectivity index (χ4n) is 2.62. The normalized spacial score (nSPS) is 20.6. The van der Waals surface area contributed by atoms with Crippen molar-refractivity contribution in [1.29, 1.82) is 0 Å². The Morgan fingerprint density at radius 1 is 1.40 bits per heavy atom. The lowest BCUT2D eigenvalue weighted by atomic mass is 10.2. The number of nitrogens with zero attached hydrogens (tertiary/aromatic N) is 1. The smallest absolute Gasteiger partial charge is 0.265 e. The van der Waals surface area contributed by atoms with Crippen molar-refractivity contribution in [3.63, 3.8) is 0 Å². The summed E-state index contributed by atoms with van der Waals surface area (Å²) in [5.41, 5.74) is 0.975. The zero-order valence-electron chi connectivity index (χ0n) is 12.0. The van der Waals surface area contributed by atoms with Crippen molar-refractivity contribution in [1.82, 2.24) is 4.90 Å². The molecule has 1 amide bonds. The van der Waals surface area contributed by atoms with Gasteiger partial charge in [0.25, 0.3) is 5.91 Å². The van der Waals surface area contributed by atoms with E-state index in [1.54, 1.807) is 0 Å². The van der Waals surface area contributed by atoms with Crippen LogP contribution in [0.5, 0.6) is 5.75 Å². The number of amides is 1. The third-order valence-electron chi connectivity index (χ3n) is 3.93. The molecule has 1 unspecified atom stereocenters. The van der Waals surface area contributed by atoms with E-state index < -0.39 is 0 Å². The maximum absolute atomic E-state index is 12.7. The van der Waals surface area contributed by atoms with Crippen LogP contribution in [0.25, 0.3) is 0 Å². The molecule has 1 fully saturated rings. The second-order valence-electron chi connectivity index (χ2n) is 5.60. The van der Waals surface area contributed by atoms with E-state index in [9.17, 15) is 4.79 Å². The number of carbonyl (C=O) groups excluding carboxylic acids is 1. The quantitative estimate of drug-likeness (QED) is 0.897. The minimum Gasteiger partial charge on any atom is -0.477 e. The van der Waals surface area contributed by atoms with E-state index >= 15 is 0 Å². The summed E-state index contributed by atoms with van der Waals surface area (Å²) in [6.45, 7) is 3.58.